The molecule has 1 N–H and O–H groups in total. The Morgan fingerprint density at radius 1 is 1.19 bits per heavy atom. The van der Waals surface area contributed by atoms with Gasteiger partial charge in [-0.15, -0.1) is 0 Å². The van der Waals surface area contributed by atoms with Crippen molar-refractivity contribution in [1.82, 2.24) is 10.3 Å². The van der Waals surface area contributed by atoms with Gasteiger partial charge in [0.2, 0.25) is 0 Å². The lowest BCUT2D eigenvalue weighted by molar-refractivity contribution is 0.587. The lowest BCUT2D eigenvalue weighted by Crippen LogP contribution is -2.21. The maximum atomic E-state index is 13.2. The van der Waals surface area contributed by atoms with Gasteiger partial charge in [0.05, 0.1) is 0 Å². The van der Waals surface area contributed by atoms with Crippen molar-refractivity contribution < 1.29 is 8.81 Å². The molecule has 0 saturated heterocycles. The topological polar surface area (TPSA) is 38.1 Å². The van der Waals surface area contributed by atoms with Crippen LogP contribution in [0.2, 0.25) is 0 Å². The molecular formula is C17H17FN2O. The highest BCUT2D eigenvalue weighted by atomic mass is 19.1. The molecule has 0 aliphatic heterocycles. The van der Waals surface area contributed by atoms with Gasteiger partial charge in [0.25, 0.3) is 0 Å². The molecule has 0 atom stereocenters. The summed E-state index contributed by atoms with van der Waals surface area (Å²) in [6, 6.07) is 8.82. The summed E-state index contributed by atoms with van der Waals surface area (Å²) in [6.45, 7) is 4.96. The summed E-state index contributed by atoms with van der Waals surface area (Å²) < 4.78 is 19.0. The van der Waals surface area contributed by atoms with Crippen molar-refractivity contribution in [2.45, 2.75) is 26.4 Å². The molecule has 0 aliphatic rings. The number of furan rings is 1. The second-order valence-corrected chi connectivity index (χ2v) is 5.41. The number of aromatic nitrogens is 1. The number of benzene rings is 1. The number of hydrogen-bond donors (Lipinski definition) is 1. The second-order valence-electron chi connectivity index (χ2n) is 5.41. The smallest absolute Gasteiger partial charge is 0.136 e. The van der Waals surface area contributed by atoms with Gasteiger partial charge in [-0.05, 0) is 35.9 Å². The zero-order chi connectivity index (χ0) is 14.8. The van der Waals surface area contributed by atoms with Gasteiger partial charge in [-0.3, -0.25) is 4.98 Å². The number of nitrogens with one attached hydrogen (secondary N) is 1. The van der Waals surface area contributed by atoms with E-state index in [-0.39, 0.29) is 5.82 Å². The number of nitrogens with zero attached hydrogens (tertiary/aromatic N) is 1. The Morgan fingerprint density at radius 3 is 2.86 bits per heavy atom. The van der Waals surface area contributed by atoms with E-state index in [0.717, 1.165) is 23.1 Å². The van der Waals surface area contributed by atoms with Crippen molar-refractivity contribution in [3.63, 3.8) is 0 Å². The molecule has 108 valence electrons. The third-order valence-corrected chi connectivity index (χ3v) is 3.27. The minimum Gasteiger partial charge on any atom is -0.456 e. The summed E-state index contributed by atoms with van der Waals surface area (Å²) in [7, 11) is 0. The molecule has 2 aromatic heterocycles. The van der Waals surface area contributed by atoms with E-state index in [9.17, 15) is 4.39 Å². The highest BCUT2D eigenvalue weighted by Crippen LogP contribution is 2.28. The maximum Gasteiger partial charge on any atom is 0.136 e. The molecule has 21 heavy (non-hydrogen) atoms. The van der Waals surface area contributed by atoms with Crippen molar-refractivity contribution in [2.24, 2.45) is 0 Å². The Morgan fingerprint density at radius 2 is 2.05 bits per heavy atom. The van der Waals surface area contributed by atoms with Gasteiger partial charge in [0, 0.05) is 35.9 Å². The molecule has 0 fully saturated rings. The molecule has 3 aromatic rings. The standard InChI is InChI=1S/C17H17FN2O/c1-11(2)20-9-12-5-14(10-19-8-12)17-7-13-6-15(18)3-4-16(13)21-17/h3-8,10-11,20H,9H2,1-2H3. The van der Waals surface area contributed by atoms with E-state index in [2.05, 4.69) is 24.1 Å². The number of halogens is 1. The predicted molar refractivity (Wildman–Crippen MR) is 81.4 cm³/mol. The predicted octanol–water partition coefficient (Wildman–Crippen LogP) is 4.13. The molecule has 0 aliphatic carbocycles. The van der Waals surface area contributed by atoms with E-state index in [4.69, 9.17) is 4.42 Å². The fourth-order valence-electron chi connectivity index (χ4n) is 2.20. The van der Waals surface area contributed by atoms with Gasteiger partial charge >= 0.3 is 0 Å². The molecule has 3 rings (SSSR count). The van der Waals surface area contributed by atoms with Gasteiger partial charge < -0.3 is 9.73 Å². The highest BCUT2D eigenvalue weighted by Gasteiger charge is 2.08. The quantitative estimate of drug-likeness (QED) is 0.782. The number of fused-ring (bicyclic) bond motifs is 1. The monoisotopic (exact) mass is 284 g/mol. The second kappa shape index (κ2) is 5.66. The molecule has 0 amide bonds. The van der Waals surface area contributed by atoms with Gasteiger partial charge in [-0.2, -0.15) is 0 Å². The van der Waals surface area contributed by atoms with Crippen LogP contribution in [0.4, 0.5) is 4.39 Å². The van der Waals surface area contributed by atoms with E-state index in [1.807, 2.05) is 18.3 Å². The first-order valence-corrected chi connectivity index (χ1v) is 6.98. The summed E-state index contributed by atoms with van der Waals surface area (Å²) >= 11 is 0. The van der Waals surface area contributed by atoms with E-state index in [1.165, 1.54) is 12.1 Å². The third-order valence-electron chi connectivity index (χ3n) is 3.27. The Hall–Kier alpha value is -2.20. The van der Waals surface area contributed by atoms with Gasteiger partial charge in [0.1, 0.15) is 17.2 Å². The summed E-state index contributed by atoms with van der Waals surface area (Å²) in [5.41, 5.74) is 2.67. The molecular weight excluding hydrogens is 267 g/mol. The van der Waals surface area contributed by atoms with Crippen LogP contribution < -0.4 is 5.32 Å². The fourth-order valence-corrected chi connectivity index (χ4v) is 2.20. The van der Waals surface area contributed by atoms with Crippen molar-refractivity contribution in [2.75, 3.05) is 0 Å². The third kappa shape index (κ3) is 3.11. The van der Waals surface area contributed by atoms with E-state index >= 15 is 0 Å². The molecule has 1 aromatic carbocycles. The van der Waals surface area contributed by atoms with Crippen molar-refractivity contribution in [3.8, 4) is 11.3 Å². The first-order valence-electron chi connectivity index (χ1n) is 6.98. The SMILES string of the molecule is CC(C)NCc1cncc(-c2cc3cc(F)ccc3o2)c1. The first kappa shape index (κ1) is 13.8. The van der Waals surface area contributed by atoms with Gasteiger partial charge in [0.15, 0.2) is 0 Å². The first-order chi connectivity index (χ1) is 10.1. The molecule has 0 unspecified atom stereocenters. The van der Waals surface area contributed by atoms with Crippen molar-refractivity contribution in [3.05, 3.63) is 54.1 Å². The molecule has 0 bridgehead atoms. The van der Waals surface area contributed by atoms with Crippen LogP contribution in [0, 0.1) is 5.82 Å². The van der Waals surface area contributed by atoms with E-state index in [1.54, 1.807) is 12.3 Å². The normalized spacial score (nSPS) is 11.4. The van der Waals surface area contributed by atoms with Crippen molar-refractivity contribution in [1.29, 1.82) is 0 Å². The minimum absolute atomic E-state index is 0.261. The summed E-state index contributed by atoms with van der Waals surface area (Å²) in [4.78, 5) is 4.25. The molecule has 4 heteroatoms. The van der Waals surface area contributed by atoms with E-state index < -0.39 is 0 Å². The maximum absolute atomic E-state index is 13.2. The van der Waals surface area contributed by atoms with Crippen LogP contribution in [0.25, 0.3) is 22.3 Å². The van der Waals surface area contributed by atoms with Crippen LogP contribution in [-0.2, 0) is 6.54 Å². The fraction of sp³-hybridized carbons (Fsp3) is 0.235. The van der Waals surface area contributed by atoms with Crippen LogP contribution in [0.5, 0.6) is 0 Å². The minimum atomic E-state index is -0.261. The summed E-state index contributed by atoms with van der Waals surface area (Å²) in [6.07, 6.45) is 3.59. The molecule has 0 spiro atoms. The van der Waals surface area contributed by atoms with Gasteiger partial charge in [-0.1, -0.05) is 13.8 Å². The lowest BCUT2D eigenvalue weighted by Gasteiger charge is -2.08. The van der Waals surface area contributed by atoms with Crippen molar-refractivity contribution >= 4 is 11.0 Å². The average molecular weight is 284 g/mol. The number of hydrogen-bond acceptors (Lipinski definition) is 3. The zero-order valence-corrected chi connectivity index (χ0v) is 12.1. The zero-order valence-electron chi connectivity index (χ0n) is 12.1. The Bertz CT molecular complexity index is 764. The Labute approximate surface area is 122 Å². The van der Waals surface area contributed by atoms with Gasteiger partial charge in [-0.25, -0.2) is 4.39 Å². The van der Waals surface area contributed by atoms with Crippen LogP contribution in [0.15, 0.2) is 47.1 Å². The Balaban J connectivity index is 1.92. The molecule has 3 nitrogen and oxygen atoms in total. The number of pyridine rings is 1. The molecule has 0 radical (unpaired) electrons. The average Bonchev–Trinajstić information content (AvgIpc) is 2.88. The molecule has 2 heterocycles. The summed E-state index contributed by atoms with van der Waals surface area (Å²) in [5, 5.41) is 4.11. The lowest BCUT2D eigenvalue weighted by atomic mass is 10.1. The van der Waals surface area contributed by atoms with Crippen LogP contribution >= 0.6 is 0 Å². The molecule has 0 saturated carbocycles. The highest BCUT2D eigenvalue weighted by molar-refractivity contribution is 5.82. The number of rotatable bonds is 4. The van der Waals surface area contributed by atoms with Crippen LogP contribution in [-0.4, -0.2) is 11.0 Å². The van der Waals surface area contributed by atoms with Crippen LogP contribution in [0.1, 0.15) is 19.4 Å². The largest absolute Gasteiger partial charge is 0.456 e. The summed E-state index contributed by atoms with van der Waals surface area (Å²) in [5.74, 6) is 0.442. The van der Waals surface area contributed by atoms with E-state index in [0.29, 0.717) is 17.4 Å². The van der Waals surface area contributed by atoms with Crippen LogP contribution in [0.3, 0.4) is 0 Å². The Kier molecular flexibility index (Phi) is 3.71.